The highest BCUT2D eigenvalue weighted by Crippen LogP contribution is 2.28. The number of halogens is 2. The molecule has 2 nitrogen and oxygen atoms in total. The number of hydrogen-bond acceptors (Lipinski definition) is 3. The molecular weight excluding hydrogens is 308 g/mol. The molecule has 0 fully saturated rings. The van der Waals surface area contributed by atoms with E-state index in [9.17, 15) is 0 Å². The zero-order valence-corrected chi connectivity index (χ0v) is 11.7. The second kappa shape index (κ2) is 5.17. The smallest absolute Gasteiger partial charge is 0.129 e. The van der Waals surface area contributed by atoms with Gasteiger partial charge in [-0.2, -0.15) is 0 Å². The molecule has 5 heteroatoms. The highest BCUT2D eigenvalue weighted by atomic mass is 79.9. The quantitative estimate of drug-likeness (QED) is 0.828. The maximum Gasteiger partial charge on any atom is 0.129 e. The van der Waals surface area contributed by atoms with Gasteiger partial charge in [0.25, 0.3) is 0 Å². The molecule has 1 atom stereocenters. The normalized spacial score (nSPS) is 12.4. The molecule has 0 aromatic carbocycles. The van der Waals surface area contributed by atoms with Crippen molar-refractivity contribution in [3.63, 3.8) is 0 Å². The molecule has 2 aromatic heterocycles. The molecule has 1 unspecified atom stereocenters. The highest BCUT2D eigenvalue weighted by molar-refractivity contribution is 9.10. The zero-order chi connectivity index (χ0) is 11.5. The molecule has 1 N–H and O–H groups in total. The standard InChI is InChI=1S/C11H10BrClN2S/c1-7(8-5-10(13)16-6-8)15-9-3-2-4-14-11(9)12/h2-7,15H,1H3. The highest BCUT2D eigenvalue weighted by Gasteiger charge is 2.09. The number of hydrogen-bond donors (Lipinski definition) is 1. The third-order valence-electron chi connectivity index (χ3n) is 2.22. The van der Waals surface area contributed by atoms with Gasteiger partial charge in [0, 0.05) is 12.2 Å². The van der Waals surface area contributed by atoms with Crippen molar-refractivity contribution in [3.05, 3.63) is 44.3 Å². The summed E-state index contributed by atoms with van der Waals surface area (Å²) in [7, 11) is 0. The number of nitrogens with zero attached hydrogens (tertiary/aromatic N) is 1. The predicted molar refractivity (Wildman–Crippen MR) is 73.3 cm³/mol. The van der Waals surface area contributed by atoms with E-state index in [2.05, 4.69) is 38.5 Å². The van der Waals surface area contributed by atoms with Crippen LogP contribution in [0.1, 0.15) is 18.5 Å². The predicted octanol–water partition coefficient (Wildman–Crippen LogP) is 4.73. The maximum absolute atomic E-state index is 5.91. The number of nitrogens with one attached hydrogen (secondary N) is 1. The van der Waals surface area contributed by atoms with Gasteiger partial charge in [0.15, 0.2) is 0 Å². The Morgan fingerprint density at radius 1 is 1.56 bits per heavy atom. The van der Waals surface area contributed by atoms with Gasteiger partial charge < -0.3 is 5.32 Å². The van der Waals surface area contributed by atoms with Crippen molar-refractivity contribution in [1.82, 2.24) is 4.98 Å². The van der Waals surface area contributed by atoms with Crippen molar-refractivity contribution in [1.29, 1.82) is 0 Å². The van der Waals surface area contributed by atoms with Gasteiger partial charge in [0.05, 0.1) is 10.0 Å². The van der Waals surface area contributed by atoms with Gasteiger partial charge >= 0.3 is 0 Å². The van der Waals surface area contributed by atoms with Crippen LogP contribution in [0.15, 0.2) is 34.4 Å². The summed E-state index contributed by atoms with van der Waals surface area (Å²) in [6.07, 6.45) is 1.75. The molecule has 0 saturated heterocycles. The van der Waals surface area contributed by atoms with Crippen LogP contribution in [0.25, 0.3) is 0 Å². The average Bonchev–Trinajstić information content (AvgIpc) is 2.68. The van der Waals surface area contributed by atoms with Gasteiger partial charge in [-0.3, -0.25) is 0 Å². The van der Waals surface area contributed by atoms with Crippen LogP contribution in [0, 0.1) is 0 Å². The summed E-state index contributed by atoms with van der Waals surface area (Å²) < 4.78 is 1.64. The van der Waals surface area contributed by atoms with Crippen LogP contribution in [-0.2, 0) is 0 Å². The van der Waals surface area contributed by atoms with Gasteiger partial charge in [-0.05, 0) is 52.0 Å². The molecule has 0 radical (unpaired) electrons. The van der Waals surface area contributed by atoms with Crippen LogP contribution >= 0.6 is 38.9 Å². The monoisotopic (exact) mass is 316 g/mol. The first-order valence-electron chi connectivity index (χ1n) is 4.78. The Balaban J connectivity index is 2.13. The van der Waals surface area contributed by atoms with E-state index in [1.54, 1.807) is 17.5 Å². The van der Waals surface area contributed by atoms with Crippen LogP contribution in [0.2, 0.25) is 4.34 Å². The second-order valence-corrected chi connectivity index (χ2v) is 5.69. The molecule has 0 aliphatic carbocycles. The van der Waals surface area contributed by atoms with E-state index in [0.29, 0.717) is 0 Å². The van der Waals surface area contributed by atoms with E-state index < -0.39 is 0 Å². The summed E-state index contributed by atoms with van der Waals surface area (Å²) in [4.78, 5) is 4.16. The molecule has 2 aromatic rings. The van der Waals surface area contributed by atoms with Crippen molar-refractivity contribution in [2.45, 2.75) is 13.0 Å². The Hall–Kier alpha value is -0.580. The molecule has 16 heavy (non-hydrogen) atoms. The van der Waals surface area contributed by atoms with Crippen LogP contribution in [0.4, 0.5) is 5.69 Å². The number of anilines is 1. The minimum atomic E-state index is 0.212. The number of aromatic nitrogens is 1. The number of rotatable bonds is 3. The maximum atomic E-state index is 5.91. The lowest BCUT2D eigenvalue weighted by Crippen LogP contribution is -2.06. The van der Waals surface area contributed by atoms with Gasteiger partial charge in [0.1, 0.15) is 4.60 Å². The fourth-order valence-electron chi connectivity index (χ4n) is 1.36. The first-order valence-corrected chi connectivity index (χ1v) is 6.83. The summed E-state index contributed by atoms with van der Waals surface area (Å²) in [5.74, 6) is 0. The van der Waals surface area contributed by atoms with Gasteiger partial charge in [-0.25, -0.2) is 4.98 Å². The Bertz CT molecular complexity index is 486. The van der Waals surface area contributed by atoms with Gasteiger partial charge in [-0.15, -0.1) is 11.3 Å². The third-order valence-corrected chi connectivity index (χ3v) is 3.96. The Morgan fingerprint density at radius 3 is 3.00 bits per heavy atom. The molecule has 0 bridgehead atoms. The lowest BCUT2D eigenvalue weighted by Gasteiger charge is -2.14. The molecule has 2 rings (SSSR count). The number of pyridine rings is 1. The van der Waals surface area contributed by atoms with E-state index in [-0.39, 0.29) is 6.04 Å². The van der Waals surface area contributed by atoms with Crippen LogP contribution in [0.5, 0.6) is 0 Å². The van der Waals surface area contributed by atoms with Crippen LogP contribution in [0.3, 0.4) is 0 Å². The molecule has 0 saturated carbocycles. The van der Waals surface area contributed by atoms with Gasteiger partial charge in [0.2, 0.25) is 0 Å². The van der Waals surface area contributed by atoms with Crippen molar-refractivity contribution in [2.75, 3.05) is 5.32 Å². The van der Waals surface area contributed by atoms with Crippen LogP contribution in [-0.4, -0.2) is 4.98 Å². The molecular formula is C11H10BrClN2S. The zero-order valence-electron chi connectivity index (χ0n) is 8.58. The fraction of sp³-hybridized carbons (Fsp3) is 0.182. The molecule has 2 heterocycles. The van der Waals surface area contributed by atoms with E-state index in [0.717, 1.165) is 14.6 Å². The van der Waals surface area contributed by atoms with E-state index in [1.807, 2.05) is 18.2 Å². The molecule has 0 aliphatic rings. The average molecular weight is 318 g/mol. The van der Waals surface area contributed by atoms with E-state index in [4.69, 9.17) is 11.6 Å². The largest absolute Gasteiger partial charge is 0.376 e. The summed E-state index contributed by atoms with van der Waals surface area (Å²) in [6.45, 7) is 2.10. The Morgan fingerprint density at radius 2 is 2.38 bits per heavy atom. The van der Waals surface area contributed by atoms with Crippen molar-refractivity contribution in [2.24, 2.45) is 0 Å². The summed E-state index contributed by atoms with van der Waals surface area (Å²) in [5, 5.41) is 5.44. The second-order valence-electron chi connectivity index (χ2n) is 3.39. The SMILES string of the molecule is CC(Nc1cccnc1Br)c1csc(Cl)c1. The topological polar surface area (TPSA) is 24.9 Å². The lowest BCUT2D eigenvalue weighted by molar-refractivity contribution is 0.886. The van der Waals surface area contributed by atoms with Crippen LogP contribution < -0.4 is 5.32 Å². The Kier molecular flexibility index (Phi) is 3.84. The minimum absolute atomic E-state index is 0.212. The number of thiophene rings is 1. The summed E-state index contributed by atoms with van der Waals surface area (Å²) in [6, 6.07) is 6.08. The van der Waals surface area contributed by atoms with Gasteiger partial charge in [-0.1, -0.05) is 11.6 Å². The van der Waals surface area contributed by atoms with Crippen molar-refractivity contribution >= 4 is 44.6 Å². The van der Waals surface area contributed by atoms with Crippen molar-refractivity contribution in [3.8, 4) is 0 Å². The Labute approximate surface area is 112 Å². The van der Waals surface area contributed by atoms with Crippen molar-refractivity contribution < 1.29 is 0 Å². The molecule has 0 aliphatic heterocycles. The summed E-state index contributed by atoms with van der Waals surface area (Å²) >= 11 is 10.9. The first kappa shape index (κ1) is 11.9. The minimum Gasteiger partial charge on any atom is -0.376 e. The molecule has 0 spiro atoms. The third kappa shape index (κ3) is 2.75. The molecule has 0 amide bonds. The lowest BCUT2D eigenvalue weighted by atomic mass is 10.2. The fourth-order valence-corrected chi connectivity index (χ4v) is 2.71. The first-order chi connectivity index (χ1) is 7.66. The van der Waals surface area contributed by atoms with E-state index in [1.165, 1.54) is 5.56 Å². The van der Waals surface area contributed by atoms with E-state index >= 15 is 0 Å². The molecule has 84 valence electrons. The summed E-state index contributed by atoms with van der Waals surface area (Å²) in [5.41, 5.74) is 2.17.